The maximum atomic E-state index is 6.21. The molecule has 122 valence electrons. The molecule has 0 saturated heterocycles. The molecule has 0 spiro atoms. The zero-order valence-electron chi connectivity index (χ0n) is 15.1. The van der Waals surface area contributed by atoms with E-state index in [9.17, 15) is 0 Å². The van der Waals surface area contributed by atoms with Crippen LogP contribution in [-0.4, -0.2) is 11.7 Å². The summed E-state index contributed by atoms with van der Waals surface area (Å²) in [5.41, 5.74) is -0.00942. The van der Waals surface area contributed by atoms with Gasteiger partial charge in [0.15, 0.2) is 0 Å². The number of unbranched alkanes of at least 4 members (excludes halogenated alkanes) is 6. The molecule has 0 rings (SSSR count). The number of ether oxygens (including phenoxy) is 1. The van der Waals surface area contributed by atoms with E-state index < -0.39 is 0 Å². The average Bonchev–Trinajstić information content (AvgIpc) is 2.34. The van der Waals surface area contributed by atoms with Gasteiger partial charge in [-0.15, -0.1) is 0 Å². The largest absolute Gasteiger partial charge is 0.373 e. The second-order valence-electron chi connectivity index (χ2n) is 7.39. The molecule has 20 heavy (non-hydrogen) atoms. The molecule has 0 heterocycles. The predicted molar refractivity (Wildman–Crippen MR) is 91.3 cm³/mol. The number of rotatable bonds is 12. The Morgan fingerprint density at radius 3 is 1.55 bits per heavy atom. The third-order valence-corrected chi connectivity index (χ3v) is 4.06. The van der Waals surface area contributed by atoms with Crippen LogP contribution in [0.25, 0.3) is 0 Å². The molecule has 0 aromatic heterocycles. The fraction of sp³-hybridized carbons (Fsp3) is 1.00. The summed E-state index contributed by atoms with van der Waals surface area (Å²) in [6.07, 6.45) is 14.1. The Bertz CT molecular complexity index is 192. The molecule has 0 N–H and O–H groups in total. The fourth-order valence-electron chi connectivity index (χ4n) is 2.93. The molecule has 0 aromatic carbocycles. The van der Waals surface area contributed by atoms with Crippen LogP contribution in [0.4, 0.5) is 0 Å². The van der Waals surface area contributed by atoms with Gasteiger partial charge in [-0.25, -0.2) is 0 Å². The van der Waals surface area contributed by atoms with E-state index in [4.69, 9.17) is 4.74 Å². The molecule has 0 saturated carbocycles. The third kappa shape index (κ3) is 11.8. The Morgan fingerprint density at radius 2 is 1.20 bits per heavy atom. The molecule has 0 aromatic rings. The van der Waals surface area contributed by atoms with Crippen LogP contribution in [-0.2, 0) is 4.74 Å². The van der Waals surface area contributed by atoms with Crippen molar-refractivity contribution in [2.24, 2.45) is 5.92 Å². The minimum absolute atomic E-state index is 0.00942. The van der Waals surface area contributed by atoms with E-state index >= 15 is 0 Å². The molecule has 0 amide bonds. The summed E-state index contributed by atoms with van der Waals surface area (Å²) < 4.78 is 6.21. The van der Waals surface area contributed by atoms with E-state index in [2.05, 4.69) is 41.5 Å². The summed E-state index contributed by atoms with van der Waals surface area (Å²) in [5.74, 6) is 0.753. The van der Waals surface area contributed by atoms with Gasteiger partial charge in [-0.2, -0.15) is 0 Å². The van der Waals surface area contributed by atoms with Gasteiger partial charge in [-0.05, 0) is 46.5 Å². The van der Waals surface area contributed by atoms with E-state index in [1.54, 1.807) is 0 Å². The SMILES string of the molecule is CCCCCCC(CCCCCC)C(C)OC(C)(C)C. The van der Waals surface area contributed by atoms with Gasteiger partial charge in [-0.1, -0.05) is 65.2 Å². The average molecular weight is 285 g/mol. The van der Waals surface area contributed by atoms with Crippen molar-refractivity contribution >= 4 is 0 Å². The summed E-state index contributed by atoms with van der Waals surface area (Å²) in [5, 5.41) is 0. The van der Waals surface area contributed by atoms with Gasteiger partial charge in [0.25, 0.3) is 0 Å². The van der Waals surface area contributed by atoms with E-state index in [-0.39, 0.29) is 5.60 Å². The summed E-state index contributed by atoms with van der Waals surface area (Å²) in [6.45, 7) is 13.4. The van der Waals surface area contributed by atoms with Crippen LogP contribution in [0.5, 0.6) is 0 Å². The molecular weight excluding hydrogens is 244 g/mol. The Morgan fingerprint density at radius 1 is 0.750 bits per heavy atom. The molecule has 0 radical (unpaired) electrons. The van der Waals surface area contributed by atoms with Gasteiger partial charge >= 0.3 is 0 Å². The summed E-state index contributed by atoms with van der Waals surface area (Å²) >= 11 is 0. The minimum Gasteiger partial charge on any atom is -0.373 e. The van der Waals surface area contributed by atoms with Crippen LogP contribution >= 0.6 is 0 Å². The van der Waals surface area contributed by atoms with E-state index in [0.29, 0.717) is 6.10 Å². The van der Waals surface area contributed by atoms with Crippen molar-refractivity contribution in [2.45, 2.75) is 117 Å². The van der Waals surface area contributed by atoms with Gasteiger partial charge < -0.3 is 4.74 Å². The second-order valence-corrected chi connectivity index (χ2v) is 7.39. The molecular formula is C19H40O. The van der Waals surface area contributed by atoms with Gasteiger partial charge in [-0.3, -0.25) is 0 Å². The molecule has 0 aliphatic carbocycles. The highest BCUT2D eigenvalue weighted by atomic mass is 16.5. The normalized spacial score (nSPS) is 13.9. The molecule has 1 nitrogen and oxygen atoms in total. The topological polar surface area (TPSA) is 9.23 Å². The molecule has 1 unspecified atom stereocenters. The summed E-state index contributed by atoms with van der Waals surface area (Å²) in [4.78, 5) is 0. The fourth-order valence-corrected chi connectivity index (χ4v) is 2.93. The van der Waals surface area contributed by atoms with Crippen molar-refractivity contribution in [3.8, 4) is 0 Å². The first-order valence-corrected chi connectivity index (χ1v) is 9.08. The maximum absolute atomic E-state index is 6.21. The lowest BCUT2D eigenvalue weighted by Gasteiger charge is -2.31. The molecule has 0 fully saturated rings. The van der Waals surface area contributed by atoms with Gasteiger partial charge in [0, 0.05) is 0 Å². The monoisotopic (exact) mass is 284 g/mol. The minimum atomic E-state index is -0.00942. The van der Waals surface area contributed by atoms with Crippen LogP contribution in [0, 0.1) is 5.92 Å². The molecule has 0 aliphatic rings. The first kappa shape index (κ1) is 20.0. The number of hydrogen-bond acceptors (Lipinski definition) is 1. The predicted octanol–water partition coefficient (Wildman–Crippen LogP) is 6.75. The number of hydrogen-bond donors (Lipinski definition) is 0. The van der Waals surface area contributed by atoms with Crippen LogP contribution in [0.3, 0.4) is 0 Å². The second kappa shape index (κ2) is 11.6. The van der Waals surface area contributed by atoms with Crippen LogP contribution < -0.4 is 0 Å². The Labute approximate surface area is 128 Å². The van der Waals surface area contributed by atoms with Crippen molar-refractivity contribution in [3.05, 3.63) is 0 Å². The first-order chi connectivity index (χ1) is 9.40. The molecule has 0 aliphatic heterocycles. The zero-order chi connectivity index (χ0) is 15.4. The van der Waals surface area contributed by atoms with Crippen molar-refractivity contribution < 1.29 is 4.74 Å². The van der Waals surface area contributed by atoms with Crippen LogP contribution in [0.2, 0.25) is 0 Å². The Hall–Kier alpha value is -0.0400. The highest BCUT2D eigenvalue weighted by molar-refractivity contribution is 4.71. The van der Waals surface area contributed by atoms with Gasteiger partial charge in [0.1, 0.15) is 0 Å². The lowest BCUT2D eigenvalue weighted by molar-refractivity contribution is -0.0794. The molecule has 1 atom stereocenters. The molecule has 1 heteroatoms. The Balaban J connectivity index is 4.14. The summed E-state index contributed by atoms with van der Waals surface area (Å²) in [6, 6.07) is 0. The van der Waals surface area contributed by atoms with Crippen LogP contribution in [0.15, 0.2) is 0 Å². The highest BCUT2D eigenvalue weighted by Gasteiger charge is 2.22. The van der Waals surface area contributed by atoms with Crippen molar-refractivity contribution in [2.75, 3.05) is 0 Å². The third-order valence-electron chi connectivity index (χ3n) is 4.06. The van der Waals surface area contributed by atoms with Crippen molar-refractivity contribution in [3.63, 3.8) is 0 Å². The van der Waals surface area contributed by atoms with Crippen molar-refractivity contribution in [1.82, 2.24) is 0 Å². The summed E-state index contributed by atoms with van der Waals surface area (Å²) in [7, 11) is 0. The van der Waals surface area contributed by atoms with E-state index in [0.717, 1.165) is 5.92 Å². The zero-order valence-corrected chi connectivity index (χ0v) is 15.1. The van der Waals surface area contributed by atoms with Gasteiger partial charge in [0.2, 0.25) is 0 Å². The maximum Gasteiger partial charge on any atom is 0.0602 e. The lowest BCUT2D eigenvalue weighted by Crippen LogP contribution is -2.31. The Kier molecular flexibility index (Phi) is 11.6. The quantitative estimate of drug-likeness (QED) is 0.360. The smallest absolute Gasteiger partial charge is 0.0602 e. The lowest BCUT2D eigenvalue weighted by atomic mass is 9.90. The standard InChI is InChI=1S/C19H40O/c1-7-9-11-13-15-18(16-14-12-10-8-2)17(3)20-19(4,5)6/h17-18H,7-16H2,1-6H3. The highest BCUT2D eigenvalue weighted by Crippen LogP contribution is 2.26. The van der Waals surface area contributed by atoms with Crippen molar-refractivity contribution in [1.29, 1.82) is 0 Å². The van der Waals surface area contributed by atoms with E-state index in [1.807, 2.05) is 0 Å². The van der Waals surface area contributed by atoms with Crippen LogP contribution in [0.1, 0.15) is 106 Å². The first-order valence-electron chi connectivity index (χ1n) is 9.08. The van der Waals surface area contributed by atoms with E-state index in [1.165, 1.54) is 64.2 Å². The molecule has 0 bridgehead atoms. The van der Waals surface area contributed by atoms with Gasteiger partial charge in [0.05, 0.1) is 11.7 Å².